The Balaban J connectivity index is 1.95. The molecule has 1 aromatic heterocycles. The van der Waals surface area contributed by atoms with Crippen molar-refractivity contribution in [3.63, 3.8) is 0 Å². The molecule has 4 aromatic rings. The van der Waals surface area contributed by atoms with Crippen molar-refractivity contribution in [2.24, 2.45) is 0 Å². The van der Waals surface area contributed by atoms with Crippen LogP contribution in [-0.4, -0.2) is 35.0 Å². The maximum atomic E-state index is 15.1. The zero-order chi connectivity index (χ0) is 28.6. The van der Waals surface area contributed by atoms with Gasteiger partial charge in [0, 0.05) is 35.5 Å². The number of carbonyl (C=O) groups is 1. The minimum Gasteiger partial charge on any atom is -0.497 e. The molecule has 3 N–H and O–H groups in total. The van der Waals surface area contributed by atoms with E-state index >= 15 is 4.39 Å². The van der Waals surface area contributed by atoms with Crippen molar-refractivity contribution in [1.29, 1.82) is 0 Å². The fourth-order valence-corrected chi connectivity index (χ4v) is 4.54. The SMILES string of the molecule is COc1ccc(CNc2cc(-n3cc(C(=O)O)c(=O)c4c(C)c(F)c(F)c(Cl)c43)c(CO)cc2F)c(OC)c1. The van der Waals surface area contributed by atoms with E-state index in [9.17, 15) is 28.6 Å². The largest absolute Gasteiger partial charge is 0.497 e. The summed E-state index contributed by atoms with van der Waals surface area (Å²) >= 11 is 6.13. The molecule has 0 saturated carbocycles. The second kappa shape index (κ2) is 10.9. The van der Waals surface area contributed by atoms with Gasteiger partial charge in [0.1, 0.15) is 27.9 Å². The monoisotopic (exact) mass is 562 g/mol. The Morgan fingerprint density at radius 2 is 1.79 bits per heavy atom. The lowest BCUT2D eigenvalue weighted by Crippen LogP contribution is -2.21. The molecule has 1 heterocycles. The molecule has 0 radical (unpaired) electrons. The number of nitrogens with zero attached hydrogens (tertiary/aromatic N) is 1. The molecule has 0 aliphatic heterocycles. The van der Waals surface area contributed by atoms with Gasteiger partial charge in [-0.1, -0.05) is 11.6 Å². The molecule has 12 heteroatoms. The van der Waals surface area contributed by atoms with Gasteiger partial charge in [0.15, 0.2) is 11.6 Å². The van der Waals surface area contributed by atoms with E-state index in [1.807, 2.05) is 0 Å². The topological polar surface area (TPSA) is 110 Å². The third-order valence-electron chi connectivity index (χ3n) is 6.30. The number of carboxylic acid groups (broad SMARTS) is 1. The van der Waals surface area contributed by atoms with Crippen LogP contribution in [0.25, 0.3) is 16.6 Å². The van der Waals surface area contributed by atoms with Crippen LogP contribution < -0.4 is 20.2 Å². The third kappa shape index (κ3) is 4.86. The minimum atomic E-state index is -1.63. The van der Waals surface area contributed by atoms with Crippen LogP contribution in [-0.2, 0) is 13.2 Å². The number of anilines is 1. The second-order valence-corrected chi connectivity index (χ2v) is 8.87. The van der Waals surface area contributed by atoms with Crippen molar-refractivity contribution in [2.75, 3.05) is 19.5 Å². The van der Waals surface area contributed by atoms with Crippen LogP contribution in [0, 0.1) is 24.4 Å². The van der Waals surface area contributed by atoms with Crippen LogP contribution in [0.4, 0.5) is 18.9 Å². The Morgan fingerprint density at radius 1 is 1.08 bits per heavy atom. The summed E-state index contributed by atoms with van der Waals surface area (Å²) in [4.78, 5) is 24.8. The van der Waals surface area contributed by atoms with Gasteiger partial charge in [0.05, 0.1) is 43.1 Å². The normalized spacial score (nSPS) is 11.1. The molecule has 0 aliphatic carbocycles. The highest BCUT2D eigenvalue weighted by Gasteiger charge is 2.26. The van der Waals surface area contributed by atoms with Crippen molar-refractivity contribution in [2.45, 2.75) is 20.1 Å². The number of aromatic carboxylic acids is 1. The Morgan fingerprint density at radius 3 is 2.41 bits per heavy atom. The Kier molecular flexibility index (Phi) is 7.75. The first kappa shape index (κ1) is 27.8. The average molecular weight is 563 g/mol. The third-order valence-corrected chi connectivity index (χ3v) is 6.64. The fraction of sp³-hybridized carbons (Fsp3) is 0.185. The van der Waals surface area contributed by atoms with E-state index in [1.54, 1.807) is 18.2 Å². The van der Waals surface area contributed by atoms with Crippen LogP contribution >= 0.6 is 11.6 Å². The summed E-state index contributed by atoms with van der Waals surface area (Å²) in [7, 11) is 2.96. The number of aryl methyl sites for hydroxylation is 1. The van der Waals surface area contributed by atoms with Crippen LogP contribution in [0.1, 0.15) is 27.0 Å². The van der Waals surface area contributed by atoms with Crippen molar-refractivity contribution >= 4 is 34.2 Å². The number of hydrogen-bond acceptors (Lipinski definition) is 6. The fourth-order valence-electron chi connectivity index (χ4n) is 4.27. The molecule has 3 aromatic carbocycles. The number of ether oxygens (including phenoxy) is 2. The van der Waals surface area contributed by atoms with Gasteiger partial charge in [-0.05, 0) is 31.2 Å². The molecule has 39 heavy (non-hydrogen) atoms. The van der Waals surface area contributed by atoms with Crippen molar-refractivity contribution < 1.29 is 37.7 Å². The molecular formula is C27H22ClF3N2O6. The number of nitrogens with one attached hydrogen (secondary N) is 1. The number of halogens is 4. The van der Waals surface area contributed by atoms with Crippen LogP contribution in [0.2, 0.25) is 5.02 Å². The van der Waals surface area contributed by atoms with E-state index in [0.29, 0.717) is 17.1 Å². The van der Waals surface area contributed by atoms with E-state index in [-0.39, 0.29) is 29.0 Å². The lowest BCUT2D eigenvalue weighted by atomic mass is 10.0. The Bertz CT molecular complexity index is 1690. The van der Waals surface area contributed by atoms with Crippen LogP contribution in [0.3, 0.4) is 0 Å². The number of hydrogen-bond donors (Lipinski definition) is 3. The maximum absolute atomic E-state index is 15.1. The Hall–Kier alpha value is -4.22. The summed E-state index contributed by atoms with van der Waals surface area (Å²) in [5.41, 5.74) is -2.15. The van der Waals surface area contributed by atoms with E-state index in [4.69, 9.17) is 21.1 Å². The number of rotatable bonds is 8. The maximum Gasteiger partial charge on any atom is 0.341 e. The van der Waals surface area contributed by atoms with E-state index in [1.165, 1.54) is 20.3 Å². The van der Waals surface area contributed by atoms with E-state index in [2.05, 4.69) is 5.32 Å². The van der Waals surface area contributed by atoms with Gasteiger partial charge < -0.3 is 29.6 Å². The first-order valence-corrected chi connectivity index (χ1v) is 11.8. The molecule has 0 unspecified atom stereocenters. The van der Waals surface area contributed by atoms with Gasteiger partial charge in [-0.3, -0.25) is 4.79 Å². The summed E-state index contributed by atoms with van der Waals surface area (Å²) in [6.45, 7) is 0.476. The van der Waals surface area contributed by atoms with Gasteiger partial charge in [-0.15, -0.1) is 0 Å². The average Bonchev–Trinajstić information content (AvgIpc) is 2.93. The molecule has 0 bridgehead atoms. The van der Waals surface area contributed by atoms with Crippen molar-refractivity contribution in [3.05, 3.63) is 91.5 Å². The van der Waals surface area contributed by atoms with Crippen LogP contribution in [0.5, 0.6) is 11.5 Å². The summed E-state index contributed by atoms with van der Waals surface area (Å²) < 4.78 is 55.8. The lowest BCUT2D eigenvalue weighted by Gasteiger charge is -2.20. The quantitative estimate of drug-likeness (QED) is 0.254. The summed E-state index contributed by atoms with van der Waals surface area (Å²) in [5.74, 6) is -4.24. The van der Waals surface area contributed by atoms with E-state index < -0.39 is 57.0 Å². The van der Waals surface area contributed by atoms with Gasteiger partial charge in [0.25, 0.3) is 0 Å². The molecular weight excluding hydrogens is 541 g/mol. The van der Waals surface area contributed by atoms with E-state index in [0.717, 1.165) is 23.8 Å². The molecule has 0 fully saturated rings. The van der Waals surface area contributed by atoms with Crippen LogP contribution in [0.15, 0.2) is 41.3 Å². The number of aliphatic hydroxyl groups excluding tert-OH is 1. The van der Waals surface area contributed by atoms with Gasteiger partial charge in [-0.2, -0.15) is 0 Å². The second-order valence-electron chi connectivity index (χ2n) is 8.49. The number of methoxy groups -OCH3 is 2. The van der Waals surface area contributed by atoms with Gasteiger partial charge in [-0.25, -0.2) is 18.0 Å². The predicted octanol–water partition coefficient (Wildman–Crippen LogP) is 5.19. The Labute approximate surface area is 224 Å². The highest BCUT2D eigenvalue weighted by atomic mass is 35.5. The molecule has 0 aliphatic rings. The van der Waals surface area contributed by atoms with Crippen molar-refractivity contribution in [3.8, 4) is 17.2 Å². The first-order chi connectivity index (χ1) is 18.5. The number of aliphatic hydroxyl groups is 1. The van der Waals surface area contributed by atoms with Crippen molar-refractivity contribution in [1.82, 2.24) is 4.57 Å². The summed E-state index contributed by atoms with van der Waals surface area (Å²) in [5, 5.41) is 21.3. The number of carboxylic acids is 1. The lowest BCUT2D eigenvalue weighted by molar-refractivity contribution is 0.0695. The molecule has 0 spiro atoms. The highest BCUT2D eigenvalue weighted by molar-refractivity contribution is 6.35. The number of fused-ring (bicyclic) bond motifs is 1. The summed E-state index contributed by atoms with van der Waals surface area (Å²) in [6, 6.07) is 7.27. The molecule has 204 valence electrons. The molecule has 4 rings (SSSR count). The molecule has 8 nitrogen and oxygen atoms in total. The molecule has 0 atom stereocenters. The van der Waals surface area contributed by atoms with Gasteiger partial charge >= 0.3 is 5.97 Å². The standard InChI is InChI=1S/C27H22ClF3N2O6/c1-12-21-25(22(28)24(31)23(12)30)33(10-16(26(21)35)27(36)37)19-8-18(17(29)6-14(19)11-34)32-9-13-4-5-15(38-2)7-20(13)39-3/h4-8,10,32,34H,9,11H2,1-3H3,(H,36,37). The number of aromatic nitrogens is 1. The number of benzene rings is 3. The first-order valence-electron chi connectivity index (χ1n) is 11.4. The number of pyridine rings is 1. The molecule has 0 saturated heterocycles. The highest BCUT2D eigenvalue weighted by Crippen LogP contribution is 2.35. The summed E-state index contributed by atoms with van der Waals surface area (Å²) in [6.07, 6.45) is 0.873. The zero-order valence-corrected chi connectivity index (χ0v) is 21.6. The smallest absolute Gasteiger partial charge is 0.341 e. The molecule has 0 amide bonds. The minimum absolute atomic E-state index is 0.0251. The zero-order valence-electron chi connectivity index (χ0n) is 20.9. The predicted molar refractivity (Wildman–Crippen MR) is 139 cm³/mol. The van der Waals surface area contributed by atoms with Gasteiger partial charge in [0.2, 0.25) is 5.43 Å².